The van der Waals surface area contributed by atoms with Gasteiger partial charge in [-0.1, -0.05) is 13.8 Å². The lowest BCUT2D eigenvalue weighted by atomic mass is 9.68. The van der Waals surface area contributed by atoms with E-state index >= 15 is 0 Å². The maximum atomic E-state index is 12.4. The van der Waals surface area contributed by atoms with Gasteiger partial charge in [-0.3, -0.25) is 0 Å². The van der Waals surface area contributed by atoms with Gasteiger partial charge in [-0.25, -0.2) is 0 Å². The molecule has 0 aromatic carbocycles. The number of ether oxygens (including phenoxy) is 1. The van der Waals surface area contributed by atoms with Crippen molar-refractivity contribution in [1.82, 2.24) is 5.32 Å². The van der Waals surface area contributed by atoms with Gasteiger partial charge in [0, 0.05) is 19.6 Å². The van der Waals surface area contributed by atoms with Crippen LogP contribution >= 0.6 is 0 Å². The molecule has 1 N–H and O–H groups in total. The molecule has 1 aliphatic rings. The fourth-order valence-corrected chi connectivity index (χ4v) is 3.02. The molecule has 5 heteroatoms. The third-order valence-corrected chi connectivity index (χ3v) is 4.56. The van der Waals surface area contributed by atoms with Crippen molar-refractivity contribution in [2.45, 2.75) is 70.2 Å². The molecule has 1 fully saturated rings. The lowest BCUT2D eigenvalue weighted by Crippen LogP contribution is -2.54. The van der Waals surface area contributed by atoms with E-state index in [1.54, 1.807) is 14.2 Å². The van der Waals surface area contributed by atoms with E-state index in [-0.39, 0.29) is 17.9 Å². The standard InChI is InChI=1S/C14H26F3NO/c1-12(2)7-9-13(19-4,10-8-12)11(18-3)5-6-14(15,16)17/h11,18H,5-10H2,1-4H3. The summed E-state index contributed by atoms with van der Waals surface area (Å²) >= 11 is 0. The summed E-state index contributed by atoms with van der Waals surface area (Å²) in [6, 6.07) is -0.241. The minimum absolute atomic E-state index is 0.0776. The highest BCUT2D eigenvalue weighted by molar-refractivity contribution is 4.98. The molecule has 19 heavy (non-hydrogen) atoms. The summed E-state index contributed by atoms with van der Waals surface area (Å²) < 4.78 is 42.9. The summed E-state index contributed by atoms with van der Waals surface area (Å²) in [5.41, 5.74) is -0.181. The molecule has 0 heterocycles. The predicted octanol–water partition coefficient (Wildman–Crippen LogP) is 3.90. The van der Waals surface area contributed by atoms with Crippen molar-refractivity contribution in [3.05, 3.63) is 0 Å². The second kappa shape index (κ2) is 6.00. The van der Waals surface area contributed by atoms with Crippen molar-refractivity contribution in [3.8, 4) is 0 Å². The average Bonchev–Trinajstić information content (AvgIpc) is 2.30. The van der Waals surface area contributed by atoms with Crippen molar-refractivity contribution in [1.29, 1.82) is 0 Å². The summed E-state index contributed by atoms with van der Waals surface area (Å²) in [4.78, 5) is 0. The Hall–Kier alpha value is -0.290. The Bertz CT molecular complexity index is 279. The summed E-state index contributed by atoms with van der Waals surface area (Å²) in [5.74, 6) is 0. The molecule has 0 aliphatic heterocycles. The highest BCUT2D eigenvalue weighted by Gasteiger charge is 2.44. The monoisotopic (exact) mass is 281 g/mol. The van der Waals surface area contributed by atoms with Crippen LogP contribution in [0.15, 0.2) is 0 Å². The number of hydrogen-bond donors (Lipinski definition) is 1. The zero-order valence-electron chi connectivity index (χ0n) is 12.4. The first-order valence-corrected chi connectivity index (χ1v) is 6.93. The molecule has 0 spiro atoms. The van der Waals surface area contributed by atoms with E-state index in [9.17, 15) is 13.2 Å². The minimum atomic E-state index is -4.10. The number of hydrogen-bond acceptors (Lipinski definition) is 2. The van der Waals surface area contributed by atoms with Crippen molar-refractivity contribution in [2.24, 2.45) is 5.41 Å². The molecule has 0 saturated heterocycles. The lowest BCUT2D eigenvalue weighted by molar-refractivity contribution is -0.145. The Labute approximate surface area is 114 Å². The third-order valence-electron chi connectivity index (χ3n) is 4.56. The molecule has 0 aromatic heterocycles. The van der Waals surface area contributed by atoms with E-state index in [2.05, 4.69) is 19.2 Å². The van der Waals surface area contributed by atoms with Crippen molar-refractivity contribution < 1.29 is 17.9 Å². The van der Waals surface area contributed by atoms with Crippen LogP contribution < -0.4 is 5.32 Å². The Morgan fingerprint density at radius 3 is 2.05 bits per heavy atom. The molecular formula is C14H26F3NO. The lowest BCUT2D eigenvalue weighted by Gasteiger charge is -2.47. The number of alkyl halides is 3. The average molecular weight is 281 g/mol. The molecule has 1 rings (SSSR count). The van der Waals surface area contributed by atoms with E-state index in [1.807, 2.05) is 0 Å². The molecule has 1 saturated carbocycles. The first kappa shape index (κ1) is 16.8. The number of methoxy groups -OCH3 is 1. The molecule has 1 atom stereocenters. The van der Waals surface area contributed by atoms with Crippen LogP contribution in [0, 0.1) is 5.41 Å². The molecule has 2 nitrogen and oxygen atoms in total. The second-order valence-corrected chi connectivity index (χ2v) is 6.43. The molecule has 0 aromatic rings. The predicted molar refractivity (Wildman–Crippen MR) is 70.1 cm³/mol. The van der Waals surface area contributed by atoms with E-state index in [0.29, 0.717) is 0 Å². The van der Waals surface area contributed by atoms with Crippen molar-refractivity contribution in [2.75, 3.05) is 14.2 Å². The van der Waals surface area contributed by atoms with E-state index < -0.39 is 18.2 Å². The fraction of sp³-hybridized carbons (Fsp3) is 1.00. The Morgan fingerprint density at radius 2 is 1.68 bits per heavy atom. The molecule has 1 aliphatic carbocycles. The van der Waals surface area contributed by atoms with Crippen LogP contribution in [0.25, 0.3) is 0 Å². The van der Waals surface area contributed by atoms with Gasteiger partial charge in [0.15, 0.2) is 0 Å². The maximum Gasteiger partial charge on any atom is 0.389 e. The van der Waals surface area contributed by atoms with Crippen LogP contribution in [0.5, 0.6) is 0 Å². The summed E-state index contributed by atoms with van der Waals surface area (Å²) in [5, 5.41) is 3.04. The summed E-state index contributed by atoms with van der Waals surface area (Å²) in [6.07, 6.45) is -1.16. The van der Waals surface area contributed by atoms with Gasteiger partial charge in [-0.15, -0.1) is 0 Å². The highest BCUT2D eigenvalue weighted by atomic mass is 19.4. The summed E-state index contributed by atoms with van der Waals surface area (Å²) in [6.45, 7) is 4.41. The number of nitrogens with one attached hydrogen (secondary N) is 1. The van der Waals surface area contributed by atoms with Gasteiger partial charge in [-0.05, 0) is 44.6 Å². The van der Waals surface area contributed by atoms with Gasteiger partial charge < -0.3 is 10.1 Å². The van der Waals surface area contributed by atoms with Gasteiger partial charge >= 0.3 is 6.18 Å². The van der Waals surface area contributed by atoms with E-state index in [1.165, 1.54) is 0 Å². The van der Waals surface area contributed by atoms with Gasteiger partial charge in [-0.2, -0.15) is 13.2 Å². The van der Waals surface area contributed by atoms with Gasteiger partial charge in [0.05, 0.1) is 5.60 Å². The number of likely N-dealkylation sites (N-methyl/N-ethyl adjacent to an activating group) is 1. The molecule has 114 valence electrons. The number of rotatable bonds is 5. The SMILES string of the molecule is CNC(CCC(F)(F)F)C1(OC)CCC(C)(C)CC1. The minimum Gasteiger partial charge on any atom is -0.377 e. The van der Waals surface area contributed by atoms with Gasteiger partial charge in [0.2, 0.25) is 0 Å². The first-order chi connectivity index (χ1) is 8.64. The zero-order valence-corrected chi connectivity index (χ0v) is 12.4. The highest BCUT2D eigenvalue weighted by Crippen LogP contribution is 2.44. The largest absolute Gasteiger partial charge is 0.389 e. The van der Waals surface area contributed by atoms with E-state index in [4.69, 9.17) is 4.74 Å². The number of halogens is 3. The van der Waals surface area contributed by atoms with Crippen LogP contribution in [0.3, 0.4) is 0 Å². The zero-order chi connectivity index (χ0) is 14.7. The maximum absolute atomic E-state index is 12.4. The second-order valence-electron chi connectivity index (χ2n) is 6.43. The van der Waals surface area contributed by atoms with Gasteiger partial charge in [0.1, 0.15) is 0 Å². The van der Waals surface area contributed by atoms with E-state index in [0.717, 1.165) is 25.7 Å². The van der Waals surface area contributed by atoms with Crippen molar-refractivity contribution >= 4 is 0 Å². The Morgan fingerprint density at radius 1 is 1.16 bits per heavy atom. The molecule has 0 bridgehead atoms. The fourth-order valence-electron chi connectivity index (χ4n) is 3.02. The van der Waals surface area contributed by atoms with Crippen LogP contribution in [0.2, 0.25) is 0 Å². The Balaban J connectivity index is 2.70. The normalized spacial score (nSPS) is 24.2. The molecule has 0 radical (unpaired) electrons. The van der Waals surface area contributed by atoms with Gasteiger partial charge in [0.25, 0.3) is 0 Å². The molecule has 0 amide bonds. The van der Waals surface area contributed by atoms with Crippen LogP contribution in [0.4, 0.5) is 13.2 Å². The third kappa shape index (κ3) is 4.63. The Kier molecular flexibility index (Phi) is 5.29. The van der Waals surface area contributed by atoms with Crippen LogP contribution in [0.1, 0.15) is 52.4 Å². The van der Waals surface area contributed by atoms with Crippen LogP contribution in [-0.4, -0.2) is 32.0 Å². The first-order valence-electron chi connectivity index (χ1n) is 6.93. The topological polar surface area (TPSA) is 21.3 Å². The molecular weight excluding hydrogens is 255 g/mol. The molecule has 1 unspecified atom stereocenters. The quantitative estimate of drug-likeness (QED) is 0.825. The summed E-state index contributed by atoms with van der Waals surface area (Å²) in [7, 11) is 3.35. The van der Waals surface area contributed by atoms with Crippen molar-refractivity contribution in [3.63, 3.8) is 0 Å². The van der Waals surface area contributed by atoms with Crippen LogP contribution in [-0.2, 0) is 4.74 Å². The smallest absolute Gasteiger partial charge is 0.377 e.